The van der Waals surface area contributed by atoms with Gasteiger partial charge in [-0.15, -0.1) is 0 Å². The number of carbonyl (C=O) groups excluding carboxylic acids is 1. The highest BCUT2D eigenvalue weighted by Crippen LogP contribution is 2.10. The molecule has 0 bridgehead atoms. The first-order valence-electron chi connectivity index (χ1n) is 4.24. The second kappa shape index (κ2) is 6.46. The molecule has 78 valence electrons. The Bertz CT molecular complexity index is 290. The van der Waals surface area contributed by atoms with Crippen LogP contribution in [0.2, 0.25) is 0 Å². The maximum Gasteiger partial charge on any atom is 0.347 e. The predicted molar refractivity (Wildman–Crippen MR) is 60.8 cm³/mol. The molecular weight excluding hydrogens is 198 g/mol. The number of ether oxygens (including phenoxy) is 1. The van der Waals surface area contributed by atoms with Gasteiger partial charge in [0.05, 0.1) is 7.11 Å². The summed E-state index contributed by atoms with van der Waals surface area (Å²) in [6, 6.07) is 0. The van der Waals surface area contributed by atoms with Gasteiger partial charge in [0.2, 0.25) is 0 Å². The summed E-state index contributed by atoms with van der Waals surface area (Å²) in [7, 11) is 1.44. The van der Waals surface area contributed by atoms with Crippen LogP contribution < -0.4 is 0 Å². The van der Waals surface area contributed by atoms with Crippen LogP contribution in [0.3, 0.4) is 0 Å². The zero-order valence-corrected chi connectivity index (χ0v) is 9.83. The van der Waals surface area contributed by atoms with Crippen LogP contribution in [0.15, 0.2) is 16.6 Å². The van der Waals surface area contributed by atoms with E-state index < -0.39 is 5.97 Å². The molecular formula is C10H16NO2S+. The molecule has 0 aromatic carbocycles. The Morgan fingerprint density at radius 2 is 2.21 bits per heavy atom. The number of rotatable bonds is 4. The summed E-state index contributed by atoms with van der Waals surface area (Å²) >= 11 is 0. The van der Waals surface area contributed by atoms with Crippen molar-refractivity contribution in [1.82, 2.24) is 0 Å². The van der Waals surface area contributed by atoms with Crippen LogP contribution >= 0.6 is 0 Å². The molecule has 0 aliphatic heterocycles. The fraction of sp³-hybridized carbons (Fsp3) is 0.500. The molecule has 0 heterocycles. The molecule has 0 aromatic heterocycles. The average molecular weight is 214 g/mol. The molecule has 0 saturated carbocycles. The number of esters is 1. The average Bonchev–Trinajstić information content (AvgIpc) is 2.18. The standard InChI is InChI=1S/C10H16NO2S/c1-5-14(4)7-8(2)9(6-11)10(12)13-3/h7,11H,5H2,1-4H3/q+1/b8-7-. The van der Waals surface area contributed by atoms with E-state index in [0.29, 0.717) is 0 Å². The third kappa shape index (κ3) is 3.81. The Kier molecular flexibility index (Phi) is 6.00. The number of hydrogen-bond donors (Lipinski definition) is 1. The van der Waals surface area contributed by atoms with Gasteiger partial charge in [-0.3, -0.25) is 5.41 Å². The zero-order valence-electron chi connectivity index (χ0n) is 9.01. The molecule has 0 aliphatic rings. The summed E-state index contributed by atoms with van der Waals surface area (Å²) in [6.45, 7) is 3.88. The van der Waals surface area contributed by atoms with E-state index in [1.54, 1.807) is 6.92 Å². The normalized spacial score (nSPS) is 13.0. The highest BCUT2D eigenvalue weighted by molar-refractivity contribution is 7.98. The van der Waals surface area contributed by atoms with Gasteiger partial charge in [0.1, 0.15) is 23.0 Å². The van der Waals surface area contributed by atoms with Crippen molar-refractivity contribution >= 4 is 22.7 Å². The summed E-state index contributed by atoms with van der Waals surface area (Å²) in [5, 5.41) is 8.98. The molecule has 0 amide bonds. The number of methoxy groups -OCH3 is 1. The second-order valence-electron chi connectivity index (χ2n) is 2.77. The van der Waals surface area contributed by atoms with Gasteiger partial charge < -0.3 is 4.74 Å². The molecule has 1 unspecified atom stereocenters. The smallest absolute Gasteiger partial charge is 0.347 e. The first kappa shape index (κ1) is 13.0. The van der Waals surface area contributed by atoms with Crippen molar-refractivity contribution in [2.75, 3.05) is 19.1 Å². The molecule has 0 aromatic rings. The van der Waals surface area contributed by atoms with E-state index in [4.69, 9.17) is 5.41 Å². The van der Waals surface area contributed by atoms with Gasteiger partial charge in [-0.1, -0.05) is 0 Å². The quantitative estimate of drug-likeness (QED) is 0.253. The van der Waals surface area contributed by atoms with Crippen LogP contribution in [0.4, 0.5) is 0 Å². The highest BCUT2D eigenvalue weighted by atomic mass is 32.2. The Balaban J connectivity index is 4.81. The Labute approximate surface area is 87.7 Å². The van der Waals surface area contributed by atoms with E-state index in [1.807, 2.05) is 5.41 Å². The molecule has 0 rings (SSSR count). The summed E-state index contributed by atoms with van der Waals surface area (Å²) in [4.78, 5) is 11.2. The van der Waals surface area contributed by atoms with E-state index in [1.165, 1.54) is 7.11 Å². The van der Waals surface area contributed by atoms with Crippen LogP contribution in [-0.2, 0) is 20.4 Å². The molecule has 1 N–H and O–H groups in total. The van der Waals surface area contributed by atoms with E-state index in [-0.39, 0.29) is 16.5 Å². The number of carbonyl (C=O) groups is 1. The predicted octanol–water partition coefficient (Wildman–Crippen LogP) is 1.51. The molecule has 0 radical (unpaired) electrons. The van der Waals surface area contributed by atoms with Crippen molar-refractivity contribution < 1.29 is 9.53 Å². The molecule has 0 fully saturated rings. The lowest BCUT2D eigenvalue weighted by Crippen LogP contribution is -2.08. The van der Waals surface area contributed by atoms with Crippen molar-refractivity contribution in [2.24, 2.45) is 0 Å². The minimum Gasteiger partial charge on any atom is -0.465 e. The molecule has 4 heteroatoms. The zero-order chi connectivity index (χ0) is 11.1. The highest BCUT2D eigenvalue weighted by Gasteiger charge is 2.15. The van der Waals surface area contributed by atoms with Crippen molar-refractivity contribution in [3.05, 3.63) is 16.6 Å². The summed E-state index contributed by atoms with van der Waals surface area (Å²) in [5.41, 5.74) is 0.972. The third-order valence-electron chi connectivity index (χ3n) is 1.74. The van der Waals surface area contributed by atoms with Crippen LogP contribution in [0.25, 0.3) is 0 Å². The number of hydrogen-bond acceptors (Lipinski definition) is 3. The van der Waals surface area contributed by atoms with Crippen LogP contribution in [0.1, 0.15) is 13.8 Å². The molecule has 0 aliphatic carbocycles. The van der Waals surface area contributed by atoms with Gasteiger partial charge in [0.25, 0.3) is 0 Å². The van der Waals surface area contributed by atoms with Gasteiger partial charge >= 0.3 is 5.97 Å². The van der Waals surface area contributed by atoms with Crippen molar-refractivity contribution in [1.29, 1.82) is 5.41 Å². The first-order chi connectivity index (χ1) is 6.56. The van der Waals surface area contributed by atoms with Gasteiger partial charge in [0, 0.05) is 16.5 Å². The topological polar surface area (TPSA) is 50.2 Å². The lowest BCUT2D eigenvalue weighted by atomic mass is 10.1. The van der Waals surface area contributed by atoms with Crippen LogP contribution in [-0.4, -0.2) is 31.0 Å². The van der Waals surface area contributed by atoms with Crippen LogP contribution in [0, 0.1) is 5.41 Å². The summed E-state index contributed by atoms with van der Waals surface area (Å²) < 4.78 is 4.54. The van der Waals surface area contributed by atoms with Crippen molar-refractivity contribution in [2.45, 2.75) is 13.8 Å². The number of nitrogens with one attached hydrogen (secondary N) is 1. The summed E-state index contributed by atoms with van der Waals surface area (Å²) in [5.74, 6) is 2.64. The lowest BCUT2D eigenvalue weighted by Gasteiger charge is -2.01. The Hall–Kier alpha value is -0.990. The van der Waals surface area contributed by atoms with Crippen LogP contribution in [0.5, 0.6) is 0 Å². The van der Waals surface area contributed by atoms with Gasteiger partial charge in [0.15, 0.2) is 0 Å². The largest absolute Gasteiger partial charge is 0.465 e. The summed E-state index contributed by atoms with van der Waals surface area (Å²) in [6.07, 6.45) is 2.09. The van der Waals surface area contributed by atoms with Crippen molar-refractivity contribution in [3.8, 4) is 0 Å². The molecule has 1 atom stereocenters. The second-order valence-corrected chi connectivity index (χ2v) is 4.97. The minimum atomic E-state index is -0.498. The first-order valence-corrected chi connectivity index (χ1v) is 6.11. The molecule has 0 spiro atoms. The molecule has 14 heavy (non-hydrogen) atoms. The lowest BCUT2D eigenvalue weighted by molar-refractivity contribution is -0.135. The van der Waals surface area contributed by atoms with Crippen molar-refractivity contribution in [3.63, 3.8) is 0 Å². The van der Waals surface area contributed by atoms with E-state index in [0.717, 1.165) is 11.3 Å². The Morgan fingerprint density at radius 1 is 1.64 bits per heavy atom. The third-order valence-corrected chi connectivity index (χ3v) is 3.41. The maximum atomic E-state index is 11.2. The fourth-order valence-electron chi connectivity index (χ4n) is 0.857. The Morgan fingerprint density at radius 3 is 2.57 bits per heavy atom. The van der Waals surface area contributed by atoms with E-state index in [2.05, 4.69) is 23.8 Å². The van der Waals surface area contributed by atoms with Gasteiger partial charge in [-0.2, -0.15) is 0 Å². The van der Waals surface area contributed by atoms with Gasteiger partial charge in [-0.25, -0.2) is 4.79 Å². The van der Waals surface area contributed by atoms with E-state index in [9.17, 15) is 4.79 Å². The van der Waals surface area contributed by atoms with E-state index >= 15 is 0 Å². The fourth-order valence-corrected chi connectivity index (χ4v) is 1.74. The SMILES string of the molecule is CC[S+](C)/C=C(/C)C(=C=N)C(=O)OC. The molecule has 0 saturated heterocycles. The maximum absolute atomic E-state index is 11.2. The minimum absolute atomic E-state index is 0.138. The molecule has 3 nitrogen and oxygen atoms in total. The van der Waals surface area contributed by atoms with Gasteiger partial charge in [-0.05, 0) is 19.7 Å². The monoisotopic (exact) mass is 214 g/mol.